The van der Waals surface area contributed by atoms with Gasteiger partial charge in [-0.1, -0.05) is 6.92 Å². The number of thiazole rings is 1. The Hall–Kier alpha value is -1.40. The van der Waals surface area contributed by atoms with Gasteiger partial charge in [0.05, 0.1) is 12.1 Å². The molecule has 0 fully saturated rings. The summed E-state index contributed by atoms with van der Waals surface area (Å²) < 4.78 is 1.93. The number of imidazole rings is 1. The number of nitrogens with zero attached hydrogens (tertiary/aromatic N) is 2. The van der Waals surface area contributed by atoms with E-state index < -0.39 is 0 Å². The standard InChI is InChI=1S/C13H19N3O2S/c1-10(9-17)3-2-4-14-12(18)7-11-8-16-5-6-19-13(16)15-11/h5-6,8,10,17H,2-4,7,9H2,1H3,(H,14,18). The van der Waals surface area contributed by atoms with E-state index in [0.717, 1.165) is 23.5 Å². The van der Waals surface area contributed by atoms with Crippen LogP contribution >= 0.6 is 11.3 Å². The highest BCUT2D eigenvalue weighted by Gasteiger charge is 2.08. The topological polar surface area (TPSA) is 66.6 Å². The quantitative estimate of drug-likeness (QED) is 0.755. The number of amides is 1. The van der Waals surface area contributed by atoms with Gasteiger partial charge in [0.2, 0.25) is 5.91 Å². The van der Waals surface area contributed by atoms with Crippen LogP contribution in [0.4, 0.5) is 0 Å². The third-order valence-electron chi connectivity index (χ3n) is 2.99. The molecule has 0 radical (unpaired) electrons. The van der Waals surface area contributed by atoms with Gasteiger partial charge < -0.3 is 10.4 Å². The van der Waals surface area contributed by atoms with Crippen LogP contribution in [0.3, 0.4) is 0 Å². The zero-order valence-electron chi connectivity index (χ0n) is 11.0. The van der Waals surface area contributed by atoms with Gasteiger partial charge in [-0.05, 0) is 18.8 Å². The second-order valence-corrected chi connectivity index (χ2v) is 5.65. The molecule has 0 aliphatic heterocycles. The molecule has 2 aromatic rings. The molecule has 0 saturated carbocycles. The van der Waals surface area contributed by atoms with Crippen LogP contribution in [0, 0.1) is 5.92 Å². The zero-order valence-corrected chi connectivity index (χ0v) is 11.8. The first kappa shape index (κ1) is 14.0. The molecule has 104 valence electrons. The summed E-state index contributed by atoms with van der Waals surface area (Å²) in [6.07, 6.45) is 5.97. The van der Waals surface area contributed by atoms with Crippen molar-refractivity contribution in [2.45, 2.75) is 26.2 Å². The van der Waals surface area contributed by atoms with Crippen molar-refractivity contribution >= 4 is 22.2 Å². The average molecular weight is 281 g/mol. The summed E-state index contributed by atoms with van der Waals surface area (Å²) in [6, 6.07) is 0. The lowest BCUT2D eigenvalue weighted by atomic mass is 10.1. The first-order valence-electron chi connectivity index (χ1n) is 6.47. The van der Waals surface area contributed by atoms with E-state index in [1.165, 1.54) is 0 Å². The van der Waals surface area contributed by atoms with Crippen LogP contribution in [0.2, 0.25) is 0 Å². The van der Waals surface area contributed by atoms with E-state index in [0.29, 0.717) is 18.9 Å². The second kappa shape index (κ2) is 6.68. The minimum absolute atomic E-state index is 0.00223. The van der Waals surface area contributed by atoms with Crippen molar-refractivity contribution in [3.63, 3.8) is 0 Å². The molecule has 2 aromatic heterocycles. The van der Waals surface area contributed by atoms with Crippen molar-refractivity contribution in [3.05, 3.63) is 23.5 Å². The number of rotatable bonds is 7. The van der Waals surface area contributed by atoms with Gasteiger partial charge in [-0.3, -0.25) is 9.20 Å². The van der Waals surface area contributed by atoms with Crippen LogP contribution in [0.25, 0.3) is 4.96 Å². The normalized spacial score (nSPS) is 12.7. The highest BCUT2D eigenvalue weighted by molar-refractivity contribution is 7.15. The maximum atomic E-state index is 11.7. The number of carbonyl (C=O) groups excluding carboxylic acids is 1. The molecule has 2 heterocycles. The third kappa shape index (κ3) is 4.04. The van der Waals surface area contributed by atoms with E-state index in [4.69, 9.17) is 5.11 Å². The van der Waals surface area contributed by atoms with Crippen LogP contribution in [-0.2, 0) is 11.2 Å². The fourth-order valence-corrected chi connectivity index (χ4v) is 2.58. The summed E-state index contributed by atoms with van der Waals surface area (Å²) in [5.41, 5.74) is 0.799. The molecule has 0 bridgehead atoms. The monoisotopic (exact) mass is 281 g/mol. The molecule has 0 aliphatic rings. The summed E-state index contributed by atoms with van der Waals surface area (Å²) in [5.74, 6) is 0.305. The molecule has 1 amide bonds. The highest BCUT2D eigenvalue weighted by atomic mass is 32.1. The van der Waals surface area contributed by atoms with Gasteiger partial charge in [0, 0.05) is 30.9 Å². The molecule has 0 aromatic carbocycles. The van der Waals surface area contributed by atoms with E-state index in [9.17, 15) is 4.79 Å². The van der Waals surface area contributed by atoms with Crippen LogP contribution in [-0.4, -0.2) is 33.6 Å². The van der Waals surface area contributed by atoms with Crippen LogP contribution in [0.1, 0.15) is 25.5 Å². The zero-order chi connectivity index (χ0) is 13.7. The summed E-state index contributed by atoms with van der Waals surface area (Å²) in [5, 5.41) is 13.7. The van der Waals surface area contributed by atoms with E-state index in [1.54, 1.807) is 11.3 Å². The maximum absolute atomic E-state index is 11.7. The van der Waals surface area contributed by atoms with E-state index in [2.05, 4.69) is 10.3 Å². The predicted molar refractivity (Wildman–Crippen MR) is 75.3 cm³/mol. The molecule has 2 N–H and O–H groups in total. The highest BCUT2D eigenvalue weighted by Crippen LogP contribution is 2.11. The van der Waals surface area contributed by atoms with E-state index in [-0.39, 0.29) is 12.5 Å². The van der Waals surface area contributed by atoms with Crippen molar-refractivity contribution in [1.29, 1.82) is 0 Å². The van der Waals surface area contributed by atoms with E-state index in [1.807, 2.05) is 29.1 Å². The van der Waals surface area contributed by atoms with Gasteiger partial charge in [0.25, 0.3) is 0 Å². The first-order valence-corrected chi connectivity index (χ1v) is 7.35. The largest absolute Gasteiger partial charge is 0.396 e. The molecular formula is C13H19N3O2S. The SMILES string of the molecule is CC(CO)CCCNC(=O)Cc1cn2ccsc2n1. The molecule has 6 heteroatoms. The van der Waals surface area contributed by atoms with Gasteiger partial charge >= 0.3 is 0 Å². The summed E-state index contributed by atoms with van der Waals surface area (Å²) in [6.45, 7) is 2.87. The predicted octanol–water partition coefficient (Wildman–Crippen LogP) is 1.46. The van der Waals surface area contributed by atoms with Crippen molar-refractivity contribution in [2.75, 3.05) is 13.2 Å². The smallest absolute Gasteiger partial charge is 0.226 e. The lowest BCUT2D eigenvalue weighted by Crippen LogP contribution is -2.26. The minimum atomic E-state index is 0.00223. The molecule has 0 saturated heterocycles. The molecule has 0 spiro atoms. The number of hydrogen-bond acceptors (Lipinski definition) is 4. The molecule has 2 rings (SSSR count). The lowest BCUT2D eigenvalue weighted by molar-refractivity contribution is -0.120. The van der Waals surface area contributed by atoms with E-state index >= 15 is 0 Å². The molecule has 5 nitrogen and oxygen atoms in total. The minimum Gasteiger partial charge on any atom is -0.396 e. The molecular weight excluding hydrogens is 262 g/mol. The lowest BCUT2D eigenvalue weighted by Gasteiger charge is -2.07. The van der Waals surface area contributed by atoms with Crippen molar-refractivity contribution in [2.24, 2.45) is 5.92 Å². The average Bonchev–Trinajstić information content (AvgIpc) is 2.95. The number of aliphatic hydroxyl groups excluding tert-OH is 1. The van der Waals surface area contributed by atoms with Gasteiger partial charge in [-0.25, -0.2) is 4.98 Å². The van der Waals surface area contributed by atoms with Crippen LogP contribution < -0.4 is 5.32 Å². The van der Waals surface area contributed by atoms with Gasteiger partial charge in [0.15, 0.2) is 4.96 Å². The number of hydrogen-bond donors (Lipinski definition) is 2. The molecule has 1 unspecified atom stereocenters. The van der Waals surface area contributed by atoms with Gasteiger partial charge in [-0.2, -0.15) is 0 Å². The van der Waals surface area contributed by atoms with Gasteiger partial charge in [0.1, 0.15) is 0 Å². The first-order chi connectivity index (χ1) is 9.19. The number of aromatic nitrogens is 2. The summed E-state index contributed by atoms with van der Waals surface area (Å²) >= 11 is 1.56. The Morgan fingerprint density at radius 1 is 1.63 bits per heavy atom. The fourth-order valence-electron chi connectivity index (χ4n) is 1.86. The summed E-state index contributed by atoms with van der Waals surface area (Å²) in [4.78, 5) is 17.0. The van der Waals surface area contributed by atoms with Gasteiger partial charge in [-0.15, -0.1) is 11.3 Å². The molecule has 19 heavy (non-hydrogen) atoms. The Morgan fingerprint density at radius 3 is 3.21 bits per heavy atom. The van der Waals surface area contributed by atoms with Crippen molar-refractivity contribution < 1.29 is 9.90 Å². The maximum Gasteiger partial charge on any atom is 0.226 e. The number of nitrogens with one attached hydrogen (secondary N) is 1. The molecule has 1 atom stereocenters. The number of aliphatic hydroxyl groups is 1. The van der Waals surface area contributed by atoms with Crippen LogP contribution in [0.5, 0.6) is 0 Å². The second-order valence-electron chi connectivity index (χ2n) is 4.78. The number of fused-ring (bicyclic) bond motifs is 1. The Morgan fingerprint density at radius 2 is 2.47 bits per heavy atom. The van der Waals surface area contributed by atoms with Crippen molar-refractivity contribution in [3.8, 4) is 0 Å². The molecule has 0 aliphatic carbocycles. The Balaban J connectivity index is 1.71. The summed E-state index contributed by atoms with van der Waals surface area (Å²) in [7, 11) is 0. The third-order valence-corrected chi connectivity index (χ3v) is 3.76. The Kier molecular flexibility index (Phi) is 4.93. The van der Waals surface area contributed by atoms with Crippen molar-refractivity contribution in [1.82, 2.24) is 14.7 Å². The Labute approximate surface area is 116 Å². The van der Waals surface area contributed by atoms with Crippen LogP contribution in [0.15, 0.2) is 17.8 Å². The Bertz CT molecular complexity index is 506. The number of carbonyl (C=O) groups is 1. The fraction of sp³-hybridized carbons (Fsp3) is 0.538.